The van der Waals surface area contributed by atoms with E-state index >= 15 is 0 Å². The van der Waals surface area contributed by atoms with Crippen LogP contribution in [0.3, 0.4) is 0 Å². The van der Waals surface area contributed by atoms with Gasteiger partial charge in [-0.25, -0.2) is 10.2 Å². The van der Waals surface area contributed by atoms with Crippen LogP contribution in [0.2, 0.25) is 10.0 Å². The fourth-order valence-electron chi connectivity index (χ4n) is 1.33. The van der Waals surface area contributed by atoms with Crippen LogP contribution < -0.4 is 5.43 Å². The summed E-state index contributed by atoms with van der Waals surface area (Å²) in [4.78, 5) is 11.1. The molecule has 1 aromatic carbocycles. The Kier molecular flexibility index (Phi) is 5.95. The maximum absolute atomic E-state index is 11.1. The van der Waals surface area contributed by atoms with Crippen LogP contribution in [0.15, 0.2) is 23.3 Å². The summed E-state index contributed by atoms with van der Waals surface area (Å²) >= 11 is 11.9. The van der Waals surface area contributed by atoms with E-state index in [0.29, 0.717) is 28.8 Å². The van der Waals surface area contributed by atoms with Gasteiger partial charge in [-0.2, -0.15) is 5.10 Å². The van der Waals surface area contributed by atoms with Gasteiger partial charge in [0.2, 0.25) is 0 Å². The molecule has 0 bridgehead atoms. The van der Waals surface area contributed by atoms with Gasteiger partial charge in [0, 0.05) is 10.6 Å². The molecular weight excluding hydrogens is 275 g/mol. The number of hydrogen-bond acceptors (Lipinski definition) is 3. The first-order valence-electron chi connectivity index (χ1n) is 5.53. The Hall–Kier alpha value is -1.26. The van der Waals surface area contributed by atoms with Crippen molar-refractivity contribution in [3.63, 3.8) is 0 Å². The minimum Gasteiger partial charge on any atom is -0.449 e. The Morgan fingerprint density at radius 1 is 1.39 bits per heavy atom. The molecule has 0 saturated heterocycles. The summed E-state index contributed by atoms with van der Waals surface area (Å²) in [6, 6.07) is 5.12. The van der Waals surface area contributed by atoms with Crippen molar-refractivity contribution < 1.29 is 9.53 Å². The molecule has 1 amide bonds. The SMILES string of the molecule is CCOC(=O)NN=C(CC)c1ccc(Cl)cc1Cl. The highest BCUT2D eigenvalue weighted by molar-refractivity contribution is 6.37. The molecule has 6 heteroatoms. The lowest BCUT2D eigenvalue weighted by Crippen LogP contribution is -2.21. The highest BCUT2D eigenvalue weighted by Gasteiger charge is 2.08. The van der Waals surface area contributed by atoms with Crippen LogP contribution in [0.4, 0.5) is 4.79 Å². The fraction of sp³-hybridized carbons (Fsp3) is 0.333. The monoisotopic (exact) mass is 288 g/mol. The van der Waals surface area contributed by atoms with E-state index in [2.05, 4.69) is 10.5 Å². The van der Waals surface area contributed by atoms with Crippen molar-refractivity contribution in [2.45, 2.75) is 20.3 Å². The van der Waals surface area contributed by atoms with E-state index in [9.17, 15) is 4.79 Å². The topological polar surface area (TPSA) is 50.7 Å². The number of hydrogen-bond donors (Lipinski definition) is 1. The van der Waals surface area contributed by atoms with Gasteiger partial charge in [0.05, 0.1) is 17.3 Å². The molecule has 0 saturated carbocycles. The second kappa shape index (κ2) is 7.24. The number of ether oxygens (including phenoxy) is 1. The Balaban J connectivity index is 2.88. The zero-order chi connectivity index (χ0) is 13.5. The van der Waals surface area contributed by atoms with Crippen molar-refractivity contribution in [2.75, 3.05) is 6.61 Å². The van der Waals surface area contributed by atoms with Crippen LogP contribution in [0.1, 0.15) is 25.8 Å². The summed E-state index contributed by atoms with van der Waals surface area (Å²) < 4.78 is 4.71. The van der Waals surface area contributed by atoms with Gasteiger partial charge >= 0.3 is 6.09 Å². The molecule has 1 N–H and O–H groups in total. The molecule has 0 fully saturated rings. The Morgan fingerprint density at radius 3 is 2.67 bits per heavy atom. The molecule has 4 nitrogen and oxygen atoms in total. The van der Waals surface area contributed by atoms with Gasteiger partial charge in [-0.1, -0.05) is 36.2 Å². The molecule has 0 atom stereocenters. The molecule has 0 aliphatic heterocycles. The first kappa shape index (κ1) is 14.8. The predicted octanol–water partition coefficient (Wildman–Crippen LogP) is 3.85. The van der Waals surface area contributed by atoms with Crippen molar-refractivity contribution in [2.24, 2.45) is 5.10 Å². The second-order valence-electron chi connectivity index (χ2n) is 3.37. The average molecular weight is 289 g/mol. The van der Waals surface area contributed by atoms with E-state index < -0.39 is 6.09 Å². The normalized spacial score (nSPS) is 11.2. The quantitative estimate of drug-likeness (QED) is 0.676. The summed E-state index contributed by atoms with van der Waals surface area (Å²) in [6.45, 7) is 3.93. The largest absolute Gasteiger partial charge is 0.449 e. The predicted molar refractivity (Wildman–Crippen MR) is 73.4 cm³/mol. The van der Waals surface area contributed by atoms with E-state index in [0.717, 1.165) is 5.56 Å². The highest BCUT2D eigenvalue weighted by Crippen LogP contribution is 2.22. The van der Waals surface area contributed by atoms with E-state index in [1.807, 2.05) is 6.92 Å². The van der Waals surface area contributed by atoms with E-state index in [1.54, 1.807) is 25.1 Å². The second-order valence-corrected chi connectivity index (χ2v) is 4.21. The van der Waals surface area contributed by atoms with E-state index in [4.69, 9.17) is 27.9 Å². The van der Waals surface area contributed by atoms with Gasteiger partial charge in [0.15, 0.2) is 0 Å². The number of nitrogens with zero attached hydrogens (tertiary/aromatic N) is 1. The Labute approximate surface area is 116 Å². The maximum Gasteiger partial charge on any atom is 0.427 e. The molecule has 0 aliphatic carbocycles. The Morgan fingerprint density at radius 2 is 2.11 bits per heavy atom. The number of carbonyl (C=O) groups excluding carboxylic acids is 1. The number of rotatable bonds is 4. The summed E-state index contributed by atoms with van der Waals surface area (Å²) in [7, 11) is 0. The van der Waals surface area contributed by atoms with Crippen molar-refractivity contribution in [1.29, 1.82) is 0 Å². The van der Waals surface area contributed by atoms with Crippen molar-refractivity contribution >= 4 is 35.0 Å². The number of amides is 1. The first-order valence-corrected chi connectivity index (χ1v) is 6.28. The summed E-state index contributed by atoms with van der Waals surface area (Å²) in [5.74, 6) is 0. The molecule has 18 heavy (non-hydrogen) atoms. The first-order chi connectivity index (χ1) is 8.58. The number of carbonyl (C=O) groups is 1. The van der Waals surface area contributed by atoms with Gasteiger partial charge in [0.1, 0.15) is 0 Å². The highest BCUT2D eigenvalue weighted by atomic mass is 35.5. The molecule has 1 rings (SSSR count). The Bertz CT molecular complexity index is 461. The van der Waals surface area contributed by atoms with Crippen molar-refractivity contribution in [1.82, 2.24) is 5.43 Å². The van der Waals surface area contributed by atoms with Crippen LogP contribution in [0.5, 0.6) is 0 Å². The smallest absolute Gasteiger partial charge is 0.427 e. The molecule has 0 aromatic heterocycles. The minimum absolute atomic E-state index is 0.296. The number of halogens is 2. The third kappa shape index (κ3) is 4.20. The van der Waals surface area contributed by atoms with Crippen LogP contribution >= 0.6 is 23.2 Å². The number of nitrogens with one attached hydrogen (secondary N) is 1. The van der Waals surface area contributed by atoms with E-state index in [1.165, 1.54) is 0 Å². The molecule has 98 valence electrons. The third-order valence-electron chi connectivity index (χ3n) is 2.13. The fourth-order valence-corrected chi connectivity index (χ4v) is 1.85. The lowest BCUT2D eigenvalue weighted by Gasteiger charge is -2.07. The zero-order valence-corrected chi connectivity index (χ0v) is 11.7. The molecule has 1 aromatic rings. The lowest BCUT2D eigenvalue weighted by atomic mass is 10.1. The zero-order valence-electron chi connectivity index (χ0n) is 10.2. The van der Waals surface area contributed by atoms with Crippen LogP contribution in [0, 0.1) is 0 Å². The standard InChI is InChI=1S/C12H14Cl2N2O2/c1-3-11(15-16-12(17)18-4-2)9-6-5-8(13)7-10(9)14/h5-7H,3-4H2,1-2H3,(H,16,17). The van der Waals surface area contributed by atoms with Crippen LogP contribution in [-0.4, -0.2) is 18.4 Å². The molecule has 0 unspecified atom stereocenters. The number of benzene rings is 1. The van der Waals surface area contributed by atoms with Crippen molar-refractivity contribution in [3.05, 3.63) is 33.8 Å². The third-order valence-corrected chi connectivity index (χ3v) is 2.68. The number of hydrazone groups is 1. The summed E-state index contributed by atoms with van der Waals surface area (Å²) in [6.07, 6.45) is 0.0295. The molecular formula is C12H14Cl2N2O2. The van der Waals surface area contributed by atoms with Gasteiger partial charge in [0.25, 0.3) is 0 Å². The van der Waals surface area contributed by atoms with Gasteiger partial charge in [-0.3, -0.25) is 0 Å². The average Bonchev–Trinajstić information content (AvgIpc) is 2.32. The lowest BCUT2D eigenvalue weighted by molar-refractivity contribution is 0.152. The summed E-state index contributed by atoms with van der Waals surface area (Å²) in [5, 5.41) is 5.03. The van der Waals surface area contributed by atoms with Gasteiger partial charge in [-0.05, 0) is 25.5 Å². The minimum atomic E-state index is -0.589. The van der Waals surface area contributed by atoms with Gasteiger partial charge < -0.3 is 4.74 Å². The molecule has 0 spiro atoms. The molecule has 0 radical (unpaired) electrons. The molecule has 0 heterocycles. The van der Waals surface area contributed by atoms with Crippen LogP contribution in [-0.2, 0) is 4.74 Å². The molecule has 0 aliphatic rings. The maximum atomic E-state index is 11.1. The van der Waals surface area contributed by atoms with Crippen LogP contribution in [0.25, 0.3) is 0 Å². The van der Waals surface area contributed by atoms with Gasteiger partial charge in [-0.15, -0.1) is 0 Å². The van der Waals surface area contributed by atoms with E-state index in [-0.39, 0.29) is 0 Å². The van der Waals surface area contributed by atoms with Crippen molar-refractivity contribution in [3.8, 4) is 0 Å². The summed E-state index contributed by atoms with van der Waals surface area (Å²) in [5.41, 5.74) is 3.70.